The Balaban J connectivity index is 2.86. The van der Waals surface area contributed by atoms with E-state index in [9.17, 15) is 4.79 Å². The van der Waals surface area contributed by atoms with Crippen LogP contribution in [0.1, 0.15) is 17.3 Å². The van der Waals surface area contributed by atoms with E-state index in [1.54, 1.807) is 10.7 Å². The smallest absolute Gasteiger partial charge is 0.250 e. The topological polar surface area (TPSA) is 86.9 Å². The number of aromatic nitrogens is 2. The predicted molar refractivity (Wildman–Crippen MR) is 57.2 cm³/mol. The second-order valence-electron chi connectivity index (χ2n) is 3.18. The minimum absolute atomic E-state index is 0.296. The molecular formula is C10H11N4O. The van der Waals surface area contributed by atoms with E-state index < -0.39 is 5.91 Å². The van der Waals surface area contributed by atoms with Gasteiger partial charge in [-0.2, -0.15) is 5.10 Å². The van der Waals surface area contributed by atoms with Crippen molar-refractivity contribution in [3.8, 4) is 0 Å². The number of aryl methyl sites for hydroxylation is 1. The zero-order chi connectivity index (χ0) is 11.0. The summed E-state index contributed by atoms with van der Waals surface area (Å²) in [7, 11) is 0. The number of nitrogen functional groups attached to an aromatic ring is 1. The summed E-state index contributed by atoms with van der Waals surface area (Å²) in [4.78, 5) is 11.2. The van der Waals surface area contributed by atoms with Gasteiger partial charge in [-0.05, 0) is 19.1 Å². The van der Waals surface area contributed by atoms with Crippen LogP contribution in [-0.4, -0.2) is 15.7 Å². The normalized spacial score (nSPS) is 10.7. The highest BCUT2D eigenvalue weighted by Crippen LogP contribution is 2.23. The van der Waals surface area contributed by atoms with Crippen molar-refractivity contribution < 1.29 is 4.79 Å². The molecule has 5 nitrogen and oxygen atoms in total. The number of hydrogen-bond acceptors (Lipinski definition) is 3. The lowest BCUT2D eigenvalue weighted by Gasteiger charge is -1.99. The van der Waals surface area contributed by atoms with Crippen molar-refractivity contribution in [3.63, 3.8) is 0 Å². The van der Waals surface area contributed by atoms with Crippen LogP contribution >= 0.6 is 0 Å². The third-order valence-electron chi connectivity index (χ3n) is 2.28. The van der Waals surface area contributed by atoms with Gasteiger partial charge in [0.25, 0.3) is 0 Å². The number of carbonyl (C=O) groups excluding carboxylic acids is 1. The fourth-order valence-electron chi connectivity index (χ4n) is 1.63. The van der Waals surface area contributed by atoms with Crippen molar-refractivity contribution in [1.82, 2.24) is 9.78 Å². The number of benzene rings is 1. The van der Waals surface area contributed by atoms with Crippen LogP contribution in [-0.2, 0) is 6.54 Å². The van der Waals surface area contributed by atoms with Crippen molar-refractivity contribution >= 4 is 22.6 Å². The van der Waals surface area contributed by atoms with Crippen LogP contribution in [0.15, 0.2) is 12.1 Å². The number of carbonyl (C=O) groups is 1. The molecule has 0 saturated carbocycles. The maximum absolute atomic E-state index is 11.2. The molecule has 1 heterocycles. The fraction of sp³-hybridized carbons (Fsp3) is 0.200. The summed E-state index contributed by atoms with van der Waals surface area (Å²) in [5.74, 6) is -0.222. The Labute approximate surface area is 86.7 Å². The van der Waals surface area contributed by atoms with E-state index in [1.807, 2.05) is 13.0 Å². The van der Waals surface area contributed by atoms with Gasteiger partial charge in [0, 0.05) is 6.54 Å². The third-order valence-corrected chi connectivity index (χ3v) is 2.28. The average molecular weight is 203 g/mol. The Morgan fingerprint density at radius 2 is 2.40 bits per heavy atom. The van der Waals surface area contributed by atoms with Gasteiger partial charge in [-0.3, -0.25) is 9.48 Å². The standard InChI is InChI=1S/C10H11N4O/c1-2-14-7-5-3-4-6(10(12)15)8(7)9(11)13-14/h3,5H,2H2,1H3,(H2,11,13)(H2,12,15). The molecule has 0 saturated heterocycles. The molecule has 0 fully saturated rings. The van der Waals surface area contributed by atoms with Crippen LogP contribution in [0.5, 0.6) is 0 Å². The molecule has 0 spiro atoms. The molecule has 5 heteroatoms. The molecule has 0 aliphatic rings. The number of anilines is 1. The molecule has 0 aliphatic carbocycles. The number of fused-ring (bicyclic) bond motifs is 1. The monoisotopic (exact) mass is 203 g/mol. The Morgan fingerprint density at radius 3 is 3.00 bits per heavy atom. The fourth-order valence-corrected chi connectivity index (χ4v) is 1.63. The molecule has 1 aromatic carbocycles. The molecule has 77 valence electrons. The lowest BCUT2D eigenvalue weighted by Crippen LogP contribution is -2.11. The molecule has 0 bridgehead atoms. The molecule has 0 unspecified atom stereocenters. The van der Waals surface area contributed by atoms with Gasteiger partial charge in [0.15, 0.2) is 5.82 Å². The maximum atomic E-state index is 11.2. The number of nitrogens with zero attached hydrogens (tertiary/aromatic N) is 2. The van der Waals surface area contributed by atoms with E-state index >= 15 is 0 Å². The average Bonchev–Trinajstić information content (AvgIpc) is 2.55. The summed E-state index contributed by atoms with van der Waals surface area (Å²) in [6.45, 7) is 2.64. The summed E-state index contributed by atoms with van der Waals surface area (Å²) in [5, 5.41) is 4.71. The maximum Gasteiger partial charge on any atom is 0.250 e. The Bertz CT molecular complexity index is 529. The number of hydrogen-bond donors (Lipinski definition) is 2. The quantitative estimate of drug-likeness (QED) is 0.746. The van der Waals surface area contributed by atoms with Crippen molar-refractivity contribution in [1.29, 1.82) is 0 Å². The summed E-state index contributed by atoms with van der Waals surface area (Å²) < 4.78 is 1.73. The highest BCUT2D eigenvalue weighted by atomic mass is 16.1. The van der Waals surface area contributed by atoms with Gasteiger partial charge in [0.1, 0.15) is 0 Å². The van der Waals surface area contributed by atoms with Gasteiger partial charge >= 0.3 is 0 Å². The van der Waals surface area contributed by atoms with Gasteiger partial charge in [-0.15, -0.1) is 0 Å². The van der Waals surface area contributed by atoms with Crippen LogP contribution in [0.3, 0.4) is 0 Å². The number of primary amides is 1. The Hall–Kier alpha value is -2.04. The van der Waals surface area contributed by atoms with E-state index in [4.69, 9.17) is 11.5 Å². The summed E-state index contributed by atoms with van der Waals surface area (Å²) in [6, 6.07) is 6.24. The SMILES string of the molecule is CCn1nc(N)c2c(C(N)=O)[c]ccc21. The molecule has 15 heavy (non-hydrogen) atoms. The highest BCUT2D eigenvalue weighted by molar-refractivity contribution is 6.09. The van der Waals surface area contributed by atoms with Gasteiger partial charge in [0.2, 0.25) is 5.91 Å². The van der Waals surface area contributed by atoms with Gasteiger partial charge in [-0.1, -0.05) is 6.07 Å². The Morgan fingerprint density at radius 1 is 1.67 bits per heavy atom. The zero-order valence-electron chi connectivity index (χ0n) is 8.32. The molecule has 0 atom stereocenters. The first-order valence-electron chi connectivity index (χ1n) is 4.61. The van der Waals surface area contributed by atoms with Crippen molar-refractivity contribution in [2.75, 3.05) is 5.73 Å². The lowest BCUT2D eigenvalue weighted by atomic mass is 10.1. The van der Waals surface area contributed by atoms with Crippen LogP contribution in [0.4, 0.5) is 5.82 Å². The van der Waals surface area contributed by atoms with Gasteiger partial charge in [0.05, 0.1) is 16.5 Å². The van der Waals surface area contributed by atoms with Gasteiger partial charge in [-0.25, -0.2) is 0 Å². The minimum Gasteiger partial charge on any atom is -0.382 e. The van der Waals surface area contributed by atoms with Crippen LogP contribution < -0.4 is 11.5 Å². The summed E-state index contributed by atoms with van der Waals surface area (Å²) in [5.41, 5.74) is 12.1. The highest BCUT2D eigenvalue weighted by Gasteiger charge is 2.14. The summed E-state index contributed by atoms with van der Waals surface area (Å²) >= 11 is 0. The first-order chi connectivity index (χ1) is 7.15. The lowest BCUT2D eigenvalue weighted by molar-refractivity contribution is 0.100. The van der Waals surface area contributed by atoms with E-state index in [1.165, 1.54) is 0 Å². The molecule has 4 N–H and O–H groups in total. The molecular weight excluding hydrogens is 192 g/mol. The second-order valence-corrected chi connectivity index (χ2v) is 3.18. The number of amides is 1. The molecule has 1 radical (unpaired) electrons. The van der Waals surface area contributed by atoms with Crippen LogP contribution in [0, 0.1) is 6.07 Å². The van der Waals surface area contributed by atoms with Crippen molar-refractivity contribution in [2.24, 2.45) is 5.73 Å². The minimum atomic E-state index is -0.539. The van der Waals surface area contributed by atoms with Crippen molar-refractivity contribution in [2.45, 2.75) is 13.5 Å². The van der Waals surface area contributed by atoms with E-state index in [2.05, 4.69) is 11.2 Å². The molecule has 1 amide bonds. The number of nitrogens with two attached hydrogens (primary N) is 2. The van der Waals surface area contributed by atoms with E-state index in [0.717, 1.165) is 5.52 Å². The Kier molecular flexibility index (Phi) is 2.07. The molecule has 2 rings (SSSR count). The molecule has 2 aromatic rings. The van der Waals surface area contributed by atoms with Crippen molar-refractivity contribution in [3.05, 3.63) is 23.8 Å². The zero-order valence-corrected chi connectivity index (χ0v) is 8.32. The predicted octanol–water partition coefficient (Wildman–Crippen LogP) is 0.537. The summed E-state index contributed by atoms with van der Waals surface area (Å²) in [6.07, 6.45) is 0. The van der Waals surface area contributed by atoms with E-state index in [0.29, 0.717) is 23.3 Å². The first kappa shape index (κ1) is 9.51. The first-order valence-corrected chi connectivity index (χ1v) is 4.61. The number of rotatable bonds is 2. The largest absolute Gasteiger partial charge is 0.382 e. The van der Waals surface area contributed by atoms with Gasteiger partial charge < -0.3 is 11.5 Å². The third kappa shape index (κ3) is 1.32. The molecule has 1 aromatic heterocycles. The molecule has 0 aliphatic heterocycles. The second kappa shape index (κ2) is 3.27. The van der Waals surface area contributed by atoms with E-state index in [-0.39, 0.29) is 0 Å². The van der Waals surface area contributed by atoms with Crippen LogP contribution in [0.2, 0.25) is 0 Å². The van der Waals surface area contributed by atoms with Crippen LogP contribution in [0.25, 0.3) is 10.9 Å².